The molecule has 0 saturated heterocycles. The summed E-state index contributed by atoms with van der Waals surface area (Å²) < 4.78 is 5.11. The summed E-state index contributed by atoms with van der Waals surface area (Å²) in [6.07, 6.45) is 3.11. The molecule has 0 aliphatic carbocycles. The van der Waals surface area contributed by atoms with Crippen molar-refractivity contribution in [2.75, 3.05) is 6.61 Å². The van der Waals surface area contributed by atoms with E-state index in [4.69, 9.17) is 10.00 Å². The number of phenolic OH excluding ortho intramolecular Hbond substituents is 1. The summed E-state index contributed by atoms with van der Waals surface area (Å²) in [7, 11) is 0. The number of rotatable bonds is 3. The lowest BCUT2D eigenvalue weighted by molar-refractivity contribution is 0.364. The number of phenols is 1. The lowest BCUT2D eigenvalue weighted by Crippen LogP contribution is -1.93. The molecule has 0 saturated carbocycles. The standard InChI is InChI=1S/C13H9N5O2/c14-3-6-20-8-1-2-9(10(19)7-8)11-17-12-13(18-11)16-5-4-15-12/h1-2,4-5,7,19H,6H2,(H,15,16,17,18). The summed E-state index contributed by atoms with van der Waals surface area (Å²) in [5.74, 6) is 0.884. The first-order valence-corrected chi connectivity index (χ1v) is 5.78. The van der Waals surface area contributed by atoms with Gasteiger partial charge in [0, 0.05) is 18.5 Å². The van der Waals surface area contributed by atoms with E-state index in [2.05, 4.69) is 19.9 Å². The number of aromatic hydroxyl groups is 1. The number of nitriles is 1. The van der Waals surface area contributed by atoms with E-state index >= 15 is 0 Å². The number of H-pyrrole nitrogens is 1. The van der Waals surface area contributed by atoms with Crippen LogP contribution in [0.4, 0.5) is 0 Å². The SMILES string of the molecule is N#CCOc1ccc(-c2nc3nccnc3[nH]2)c(O)c1. The van der Waals surface area contributed by atoms with Gasteiger partial charge < -0.3 is 14.8 Å². The molecule has 98 valence electrons. The van der Waals surface area contributed by atoms with Crippen molar-refractivity contribution < 1.29 is 9.84 Å². The van der Waals surface area contributed by atoms with Gasteiger partial charge in [-0.3, -0.25) is 0 Å². The van der Waals surface area contributed by atoms with Crippen LogP contribution >= 0.6 is 0 Å². The van der Waals surface area contributed by atoms with Crippen LogP contribution in [0.25, 0.3) is 22.7 Å². The van der Waals surface area contributed by atoms with Gasteiger partial charge in [0.2, 0.25) is 0 Å². The van der Waals surface area contributed by atoms with E-state index in [1.807, 2.05) is 6.07 Å². The van der Waals surface area contributed by atoms with Crippen LogP contribution in [-0.4, -0.2) is 31.6 Å². The third-order valence-electron chi connectivity index (χ3n) is 2.66. The van der Waals surface area contributed by atoms with Gasteiger partial charge in [-0.1, -0.05) is 0 Å². The Bertz CT molecular complexity index is 773. The molecule has 0 aliphatic rings. The molecule has 0 atom stereocenters. The largest absolute Gasteiger partial charge is 0.507 e. The molecule has 2 aromatic heterocycles. The maximum Gasteiger partial charge on any atom is 0.197 e. The third kappa shape index (κ3) is 2.10. The zero-order valence-corrected chi connectivity index (χ0v) is 10.2. The van der Waals surface area contributed by atoms with Crippen LogP contribution in [-0.2, 0) is 0 Å². The van der Waals surface area contributed by atoms with Crippen molar-refractivity contribution in [2.45, 2.75) is 0 Å². The molecule has 2 N–H and O–H groups in total. The molecule has 0 aliphatic heterocycles. The molecular weight excluding hydrogens is 258 g/mol. The van der Waals surface area contributed by atoms with Crippen LogP contribution in [0.2, 0.25) is 0 Å². The number of nitrogens with one attached hydrogen (secondary N) is 1. The fourth-order valence-corrected chi connectivity index (χ4v) is 1.79. The highest BCUT2D eigenvalue weighted by Crippen LogP contribution is 2.31. The van der Waals surface area contributed by atoms with Gasteiger partial charge in [-0.2, -0.15) is 5.26 Å². The van der Waals surface area contributed by atoms with Gasteiger partial charge in [0.05, 0.1) is 5.56 Å². The molecule has 0 unspecified atom stereocenters. The van der Waals surface area contributed by atoms with Crippen molar-refractivity contribution in [3.8, 4) is 29.0 Å². The number of fused-ring (bicyclic) bond motifs is 1. The van der Waals surface area contributed by atoms with E-state index in [9.17, 15) is 5.11 Å². The Morgan fingerprint density at radius 2 is 2.15 bits per heavy atom. The number of nitrogens with zero attached hydrogens (tertiary/aromatic N) is 4. The molecule has 2 heterocycles. The molecule has 0 fully saturated rings. The molecule has 1 aromatic carbocycles. The van der Waals surface area contributed by atoms with Crippen LogP contribution in [0.1, 0.15) is 0 Å². The Hall–Kier alpha value is -3.14. The minimum atomic E-state index is -0.0722. The Morgan fingerprint density at radius 3 is 2.90 bits per heavy atom. The van der Waals surface area contributed by atoms with Crippen molar-refractivity contribution in [2.24, 2.45) is 0 Å². The summed E-state index contributed by atoms with van der Waals surface area (Å²) in [5, 5.41) is 18.4. The second kappa shape index (κ2) is 4.85. The summed E-state index contributed by atoms with van der Waals surface area (Å²) in [6, 6.07) is 6.60. The molecule has 0 bridgehead atoms. The minimum absolute atomic E-state index is 0.000467. The zero-order valence-electron chi connectivity index (χ0n) is 10.2. The average Bonchev–Trinajstić information content (AvgIpc) is 2.88. The summed E-state index contributed by atoms with van der Waals surface area (Å²) >= 11 is 0. The molecular formula is C13H9N5O2. The smallest absolute Gasteiger partial charge is 0.197 e. The van der Waals surface area contributed by atoms with Crippen molar-refractivity contribution in [3.05, 3.63) is 30.6 Å². The van der Waals surface area contributed by atoms with E-state index in [0.29, 0.717) is 28.4 Å². The Morgan fingerprint density at radius 1 is 1.30 bits per heavy atom. The number of hydrogen-bond donors (Lipinski definition) is 2. The number of ether oxygens (including phenoxy) is 1. The van der Waals surface area contributed by atoms with E-state index in [1.54, 1.807) is 24.5 Å². The molecule has 0 spiro atoms. The summed E-state index contributed by atoms with van der Waals surface area (Å²) in [4.78, 5) is 15.4. The predicted octanol–water partition coefficient (Wildman–Crippen LogP) is 1.63. The lowest BCUT2D eigenvalue weighted by atomic mass is 10.2. The van der Waals surface area contributed by atoms with Gasteiger partial charge in [0.25, 0.3) is 0 Å². The van der Waals surface area contributed by atoms with Gasteiger partial charge >= 0.3 is 0 Å². The number of hydrogen-bond acceptors (Lipinski definition) is 6. The van der Waals surface area contributed by atoms with Crippen LogP contribution in [0.5, 0.6) is 11.5 Å². The van der Waals surface area contributed by atoms with Crippen LogP contribution in [0.15, 0.2) is 30.6 Å². The first kappa shape index (κ1) is 11.9. The average molecular weight is 267 g/mol. The molecule has 7 heteroatoms. The molecule has 0 radical (unpaired) electrons. The van der Waals surface area contributed by atoms with Gasteiger partial charge in [-0.25, -0.2) is 15.0 Å². The Labute approximate surface area is 113 Å². The summed E-state index contributed by atoms with van der Waals surface area (Å²) in [5.41, 5.74) is 1.53. The fraction of sp³-hybridized carbons (Fsp3) is 0.0769. The third-order valence-corrected chi connectivity index (χ3v) is 2.66. The second-order valence-electron chi connectivity index (χ2n) is 3.94. The topological polar surface area (TPSA) is 108 Å². The molecule has 3 rings (SSSR count). The number of aromatic amines is 1. The Balaban J connectivity index is 1.99. The highest BCUT2D eigenvalue weighted by Gasteiger charge is 2.11. The van der Waals surface area contributed by atoms with E-state index in [-0.39, 0.29) is 12.4 Å². The molecule has 0 amide bonds. The Kier molecular flexibility index (Phi) is 2.89. The number of aromatic nitrogens is 4. The van der Waals surface area contributed by atoms with Gasteiger partial charge in [-0.05, 0) is 12.1 Å². The van der Waals surface area contributed by atoms with Gasteiger partial charge in [0.15, 0.2) is 17.9 Å². The molecule has 3 aromatic rings. The number of imidazole rings is 1. The predicted molar refractivity (Wildman–Crippen MR) is 69.9 cm³/mol. The number of benzene rings is 1. The van der Waals surface area contributed by atoms with E-state index in [0.717, 1.165) is 0 Å². The monoisotopic (exact) mass is 267 g/mol. The maximum absolute atomic E-state index is 10.0. The molecule has 20 heavy (non-hydrogen) atoms. The summed E-state index contributed by atoms with van der Waals surface area (Å²) in [6.45, 7) is -0.0722. The highest BCUT2D eigenvalue weighted by atomic mass is 16.5. The quantitative estimate of drug-likeness (QED) is 0.746. The van der Waals surface area contributed by atoms with Crippen molar-refractivity contribution >= 4 is 11.3 Å². The van der Waals surface area contributed by atoms with E-state index < -0.39 is 0 Å². The molecule has 7 nitrogen and oxygen atoms in total. The lowest BCUT2D eigenvalue weighted by Gasteiger charge is -2.05. The van der Waals surface area contributed by atoms with E-state index in [1.165, 1.54) is 6.07 Å². The first-order valence-electron chi connectivity index (χ1n) is 5.78. The fourth-order valence-electron chi connectivity index (χ4n) is 1.79. The van der Waals surface area contributed by atoms with Crippen LogP contribution < -0.4 is 4.74 Å². The normalized spacial score (nSPS) is 10.3. The van der Waals surface area contributed by atoms with Crippen molar-refractivity contribution in [1.82, 2.24) is 19.9 Å². The first-order chi connectivity index (χ1) is 9.78. The second-order valence-corrected chi connectivity index (χ2v) is 3.94. The van der Waals surface area contributed by atoms with Crippen molar-refractivity contribution in [1.29, 1.82) is 5.26 Å². The van der Waals surface area contributed by atoms with Gasteiger partial charge in [0.1, 0.15) is 23.4 Å². The van der Waals surface area contributed by atoms with Crippen LogP contribution in [0, 0.1) is 11.3 Å². The van der Waals surface area contributed by atoms with Crippen LogP contribution in [0.3, 0.4) is 0 Å². The zero-order chi connectivity index (χ0) is 13.9. The highest BCUT2D eigenvalue weighted by molar-refractivity contribution is 5.74. The minimum Gasteiger partial charge on any atom is -0.507 e. The van der Waals surface area contributed by atoms with Gasteiger partial charge in [-0.15, -0.1) is 0 Å². The maximum atomic E-state index is 10.0. The van der Waals surface area contributed by atoms with Crippen molar-refractivity contribution in [3.63, 3.8) is 0 Å².